The van der Waals surface area contributed by atoms with Crippen molar-refractivity contribution in [3.8, 4) is 11.3 Å². The molecule has 0 spiro atoms. The highest BCUT2D eigenvalue weighted by Gasteiger charge is 2.38. The number of hydrogen-bond acceptors (Lipinski definition) is 6. The van der Waals surface area contributed by atoms with Gasteiger partial charge in [0.25, 0.3) is 0 Å². The van der Waals surface area contributed by atoms with E-state index in [1.54, 1.807) is 12.3 Å². The van der Waals surface area contributed by atoms with Crippen LogP contribution in [0.25, 0.3) is 11.3 Å². The average Bonchev–Trinajstić information content (AvgIpc) is 3.38. The second kappa shape index (κ2) is 7.80. The molecule has 1 aromatic carbocycles. The van der Waals surface area contributed by atoms with Crippen molar-refractivity contribution in [1.29, 1.82) is 0 Å². The van der Waals surface area contributed by atoms with E-state index in [1.807, 2.05) is 25.1 Å². The topological polar surface area (TPSA) is 130 Å². The van der Waals surface area contributed by atoms with Crippen molar-refractivity contribution in [1.82, 2.24) is 20.2 Å². The van der Waals surface area contributed by atoms with Gasteiger partial charge in [-0.05, 0) is 63.6 Å². The van der Waals surface area contributed by atoms with Gasteiger partial charge in [-0.3, -0.25) is 5.10 Å². The second-order valence-corrected chi connectivity index (χ2v) is 11.0. The van der Waals surface area contributed by atoms with Gasteiger partial charge in [0, 0.05) is 35.0 Å². The number of H-pyrrole nitrogens is 2. The van der Waals surface area contributed by atoms with Gasteiger partial charge >= 0.3 is 0 Å². The van der Waals surface area contributed by atoms with Gasteiger partial charge in [0.2, 0.25) is 0 Å². The van der Waals surface area contributed by atoms with E-state index in [0.29, 0.717) is 40.7 Å². The maximum Gasteiger partial charge on any atom is 0.181 e. The maximum atomic E-state index is 13.2. The van der Waals surface area contributed by atoms with Gasteiger partial charge in [0.1, 0.15) is 5.82 Å². The summed E-state index contributed by atoms with van der Waals surface area (Å²) >= 11 is 0. The van der Waals surface area contributed by atoms with Crippen LogP contribution >= 0.6 is 0 Å². The number of sulfone groups is 1. The molecular formula is C22H28N6O2S. The molecule has 0 unspecified atom stereocenters. The number of aromatic amines is 2. The number of anilines is 2. The standard InChI is InChI=1S/C22H28N6O2S/c1-13-10-21(28-27-13)25-16-6-9-18(20(11-16)31(29,30)17-7-8-17)19-12-24-22(26-19)14-2-4-15(23)5-3-14/h6,9-12,14-15,17H,2-5,7-8,23H2,1H3,(H,24,26)(H2,25,27,28)/t14-,15-. The summed E-state index contributed by atoms with van der Waals surface area (Å²) in [6.07, 6.45) is 7.20. The van der Waals surface area contributed by atoms with E-state index in [1.165, 1.54) is 0 Å². The molecule has 2 aromatic heterocycles. The van der Waals surface area contributed by atoms with E-state index in [0.717, 1.165) is 42.9 Å². The number of hydrogen-bond donors (Lipinski definition) is 4. The summed E-state index contributed by atoms with van der Waals surface area (Å²) < 4.78 is 26.5. The summed E-state index contributed by atoms with van der Waals surface area (Å²) in [4.78, 5) is 8.34. The highest BCUT2D eigenvalue weighted by molar-refractivity contribution is 7.92. The van der Waals surface area contributed by atoms with Crippen molar-refractivity contribution in [3.05, 3.63) is 42.0 Å². The molecule has 2 saturated carbocycles. The molecule has 9 heteroatoms. The Morgan fingerprint density at radius 1 is 1.10 bits per heavy atom. The Morgan fingerprint density at radius 3 is 2.55 bits per heavy atom. The van der Waals surface area contributed by atoms with Crippen molar-refractivity contribution in [3.63, 3.8) is 0 Å². The lowest BCUT2D eigenvalue weighted by Gasteiger charge is -2.24. The maximum absolute atomic E-state index is 13.2. The van der Waals surface area contributed by atoms with E-state index in [4.69, 9.17) is 5.73 Å². The molecular weight excluding hydrogens is 412 g/mol. The van der Waals surface area contributed by atoms with Crippen molar-refractivity contribution >= 4 is 21.3 Å². The van der Waals surface area contributed by atoms with Crippen LogP contribution in [0.5, 0.6) is 0 Å². The van der Waals surface area contributed by atoms with Crippen molar-refractivity contribution in [2.24, 2.45) is 5.73 Å². The third-order valence-electron chi connectivity index (χ3n) is 6.27. The van der Waals surface area contributed by atoms with Crippen LogP contribution in [-0.2, 0) is 9.84 Å². The minimum atomic E-state index is -3.41. The predicted molar refractivity (Wildman–Crippen MR) is 120 cm³/mol. The zero-order chi connectivity index (χ0) is 21.6. The molecule has 164 valence electrons. The van der Waals surface area contributed by atoms with E-state index in [9.17, 15) is 8.42 Å². The third kappa shape index (κ3) is 4.12. The molecule has 2 aliphatic carbocycles. The molecule has 0 radical (unpaired) electrons. The number of aryl methyl sites for hydroxylation is 1. The van der Waals surface area contributed by atoms with Crippen LogP contribution in [0.1, 0.15) is 56.0 Å². The first-order valence-electron chi connectivity index (χ1n) is 10.9. The van der Waals surface area contributed by atoms with Gasteiger partial charge in [-0.25, -0.2) is 13.4 Å². The molecule has 0 saturated heterocycles. The lowest BCUT2D eigenvalue weighted by Crippen LogP contribution is -2.26. The first-order valence-corrected chi connectivity index (χ1v) is 12.4. The van der Waals surface area contributed by atoms with Crippen molar-refractivity contribution in [2.45, 2.75) is 67.6 Å². The Balaban J connectivity index is 1.49. The molecule has 0 amide bonds. The number of imidazole rings is 1. The fraction of sp³-hybridized carbons (Fsp3) is 0.455. The fourth-order valence-corrected chi connectivity index (χ4v) is 6.21. The summed E-state index contributed by atoms with van der Waals surface area (Å²) in [6.45, 7) is 1.92. The number of rotatable bonds is 6. The molecule has 0 atom stereocenters. The van der Waals surface area contributed by atoms with Crippen LogP contribution in [0.3, 0.4) is 0 Å². The normalized spacial score (nSPS) is 21.9. The Labute approximate surface area is 182 Å². The highest BCUT2D eigenvalue weighted by Crippen LogP contribution is 2.40. The summed E-state index contributed by atoms with van der Waals surface area (Å²) in [5, 5.41) is 9.96. The summed E-state index contributed by atoms with van der Waals surface area (Å²) in [7, 11) is -3.41. The third-order valence-corrected chi connectivity index (χ3v) is 8.57. The highest BCUT2D eigenvalue weighted by atomic mass is 32.2. The predicted octanol–water partition coefficient (Wildman–Crippen LogP) is 3.77. The van der Waals surface area contributed by atoms with E-state index in [-0.39, 0.29) is 11.3 Å². The first-order chi connectivity index (χ1) is 14.9. The number of aromatic nitrogens is 4. The van der Waals surface area contributed by atoms with Crippen LogP contribution in [0.15, 0.2) is 35.4 Å². The molecule has 5 rings (SSSR count). The minimum absolute atomic E-state index is 0.277. The van der Waals surface area contributed by atoms with Gasteiger partial charge in [0.05, 0.1) is 22.0 Å². The SMILES string of the molecule is Cc1cc(Nc2ccc(-c3cnc([C@H]4CC[C@H](N)CC4)[nH]3)c(S(=O)(=O)C3CC3)c2)n[nH]1. The summed E-state index contributed by atoms with van der Waals surface area (Å²) in [5.74, 6) is 1.92. The number of nitrogens with one attached hydrogen (secondary N) is 3. The van der Waals surface area contributed by atoms with Crippen LogP contribution in [0.4, 0.5) is 11.5 Å². The van der Waals surface area contributed by atoms with Gasteiger partial charge in [-0.15, -0.1) is 0 Å². The Kier molecular flexibility index (Phi) is 5.10. The monoisotopic (exact) mass is 440 g/mol. The Morgan fingerprint density at radius 2 is 1.87 bits per heavy atom. The van der Waals surface area contributed by atoms with Gasteiger partial charge in [0.15, 0.2) is 15.7 Å². The lowest BCUT2D eigenvalue weighted by atomic mass is 9.86. The molecule has 0 bridgehead atoms. The minimum Gasteiger partial charge on any atom is -0.342 e. The van der Waals surface area contributed by atoms with E-state index < -0.39 is 9.84 Å². The molecule has 31 heavy (non-hydrogen) atoms. The van der Waals surface area contributed by atoms with Gasteiger partial charge in [-0.1, -0.05) is 0 Å². The Hall–Kier alpha value is -2.65. The lowest BCUT2D eigenvalue weighted by molar-refractivity contribution is 0.386. The van der Waals surface area contributed by atoms with Crippen LogP contribution in [-0.4, -0.2) is 39.9 Å². The van der Waals surface area contributed by atoms with Crippen molar-refractivity contribution in [2.75, 3.05) is 5.32 Å². The molecule has 8 nitrogen and oxygen atoms in total. The number of nitrogens with two attached hydrogens (primary N) is 1. The van der Waals surface area contributed by atoms with Gasteiger partial charge in [-0.2, -0.15) is 5.10 Å². The molecule has 2 fully saturated rings. The van der Waals surface area contributed by atoms with Crippen molar-refractivity contribution < 1.29 is 8.42 Å². The fourth-order valence-electron chi connectivity index (χ4n) is 4.32. The van der Waals surface area contributed by atoms with Gasteiger partial charge < -0.3 is 16.0 Å². The summed E-state index contributed by atoms with van der Waals surface area (Å²) in [5.41, 5.74) is 9.06. The molecule has 0 aliphatic heterocycles. The summed E-state index contributed by atoms with van der Waals surface area (Å²) in [6, 6.07) is 7.60. The zero-order valence-corrected chi connectivity index (χ0v) is 18.4. The molecule has 5 N–H and O–H groups in total. The van der Waals surface area contributed by atoms with E-state index >= 15 is 0 Å². The second-order valence-electron chi connectivity index (χ2n) is 8.81. The quantitative estimate of drug-likeness (QED) is 0.462. The zero-order valence-electron chi connectivity index (χ0n) is 17.6. The Bertz CT molecular complexity index is 1190. The number of nitrogens with zero attached hydrogens (tertiary/aromatic N) is 2. The van der Waals surface area contributed by atoms with Crippen LogP contribution in [0.2, 0.25) is 0 Å². The number of benzene rings is 1. The molecule has 3 aromatic rings. The smallest absolute Gasteiger partial charge is 0.181 e. The first kappa shape index (κ1) is 20.3. The molecule has 2 heterocycles. The van der Waals surface area contributed by atoms with E-state index in [2.05, 4.69) is 25.5 Å². The average molecular weight is 441 g/mol. The molecule has 2 aliphatic rings. The van der Waals surface area contributed by atoms with Crippen LogP contribution in [0, 0.1) is 6.92 Å². The van der Waals surface area contributed by atoms with Crippen LogP contribution < -0.4 is 11.1 Å². The largest absolute Gasteiger partial charge is 0.342 e.